The van der Waals surface area contributed by atoms with Crippen LogP contribution in [0.15, 0.2) is 18.2 Å². The van der Waals surface area contributed by atoms with E-state index in [9.17, 15) is 0 Å². The van der Waals surface area contributed by atoms with E-state index in [-0.39, 0.29) is 6.10 Å². The number of ether oxygens (including phenoxy) is 1. The molecule has 2 N–H and O–H groups in total. The molecule has 16 heavy (non-hydrogen) atoms. The summed E-state index contributed by atoms with van der Waals surface area (Å²) in [6.45, 7) is 4.23. The van der Waals surface area contributed by atoms with Gasteiger partial charge in [0.05, 0.1) is 16.3 Å². The van der Waals surface area contributed by atoms with E-state index in [1.807, 2.05) is 18.2 Å². The van der Waals surface area contributed by atoms with E-state index < -0.39 is 0 Å². The lowest BCUT2D eigenvalue weighted by Gasteiger charge is -2.09. The standard InChI is InChI=1S/C12H16N2OS/c1-3-4-8(2)15-12-14-10-6-5-9(13)7-11(10)16-12/h5-8H,3-4,13H2,1-2H3. The highest BCUT2D eigenvalue weighted by molar-refractivity contribution is 7.20. The van der Waals surface area contributed by atoms with Crippen molar-refractivity contribution in [2.75, 3.05) is 5.73 Å². The molecule has 2 rings (SSSR count). The summed E-state index contributed by atoms with van der Waals surface area (Å²) in [5.41, 5.74) is 7.44. The van der Waals surface area contributed by atoms with Crippen LogP contribution in [0.5, 0.6) is 5.19 Å². The first-order valence-corrected chi connectivity index (χ1v) is 6.33. The normalized spacial score (nSPS) is 12.9. The number of benzene rings is 1. The molecule has 1 aromatic heterocycles. The average molecular weight is 236 g/mol. The van der Waals surface area contributed by atoms with Crippen molar-refractivity contribution in [3.63, 3.8) is 0 Å². The molecule has 1 heterocycles. The molecule has 0 fully saturated rings. The summed E-state index contributed by atoms with van der Waals surface area (Å²) in [6, 6.07) is 5.73. The van der Waals surface area contributed by atoms with Gasteiger partial charge in [0, 0.05) is 5.69 Å². The minimum atomic E-state index is 0.225. The van der Waals surface area contributed by atoms with Gasteiger partial charge in [0.1, 0.15) is 0 Å². The Balaban J connectivity index is 2.19. The van der Waals surface area contributed by atoms with Gasteiger partial charge in [-0.05, 0) is 31.5 Å². The van der Waals surface area contributed by atoms with Gasteiger partial charge in [-0.2, -0.15) is 0 Å². The van der Waals surface area contributed by atoms with Crippen molar-refractivity contribution < 1.29 is 4.74 Å². The van der Waals surface area contributed by atoms with Crippen molar-refractivity contribution >= 4 is 27.2 Å². The number of nitrogens with zero attached hydrogens (tertiary/aromatic N) is 1. The highest BCUT2D eigenvalue weighted by atomic mass is 32.1. The van der Waals surface area contributed by atoms with Gasteiger partial charge in [-0.25, -0.2) is 4.98 Å². The van der Waals surface area contributed by atoms with E-state index >= 15 is 0 Å². The Kier molecular flexibility index (Phi) is 3.29. The van der Waals surface area contributed by atoms with E-state index in [1.54, 1.807) is 11.3 Å². The average Bonchev–Trinajstić information content (AvgIpc) is 2.59. The summed E-state index contributed by atoms with van der Waals surface area (Å²) in [5.74, 6) is 0. The van der Waals surface area contributed by atoms with Crippen LogP contribution in [-0.4, -0.2) is 11.1 Å². The largest absolute Gasteiger partial charge is 0.467 e. The molecule has 1 atom stereocenters. The number of nitrogens with two attached hydrogens (primary N) is 1. The second-order valence-corrected chi connectivity index (χ2v) is 4.92. The van der Waals surface area contributed by atoms with Crippen LogP contribution < -0.4 is 10.5 Å². The Morgan fingerprint density at radius 1 is 1.50 bits per heavy atom. The summed E-state index contributed by atoms with van der Waals surface area (Å²) < 4.78 is 6.83. The van der Waals surface area contributed by atoms with Crippen molar-refractivity contribution in [3.05, 3.63) is 18.2 Å². The molecule has 1 aromatic carbocycles. The second kappa shape index (κ2) is 4.70. The van der Waals surface area contributed by atoms with E-state index in [2.05, 4.69) is 18.8 Å². The van der Waals surface area contributed by atoms with Gasteiger partial charge in [0.25, 0.3) is 5.19 Å². The van der Waals surface area contributed by atoms with Crippen molar-refractivity contribution in [1.29, 1.82) is 0 Å². The SMILES string of the molecule is CCCC(C)Oc1nc2ccc(N)cc2s1. The molecule has 0 saturated heterocycles. The lowest BCUT2D eigenvalue weighted by atomic mass is 10.2. The molecule has 2 aromatic rings. The molecular weight excluding hydrogens is 220 g/mol. The van der Waals surface area contributed by atoms with Crippen molar-refractivity contribution in [2.24, 2.45) is 0 Å². The Morgan fingerprint density at radius 2 is 2.31 bits per heavy atom. The van der Waals surface area contributed by atoms with Gasteiger partial charge in [0.15, 0.2) is 0 Å². The highest BCUT2D eigenvalue weighted by Gasteiger charge is 2.08. The van der Waals surface area contributed by atoms with Crippen LogP contribution >= 0.6 is 11.3 Å². The predicted octanol–water partition coefficient (Wildman–Crippen LogP) is 3.45. The number of fused-ring (bicyclic) bond motifs is 1. The van der Waals surface area contributed by atoms with Crippen LogP contribution in [0.25, 0.3) is 10.2 Å². The molecule has 0 amide bonds. The molecule has 0 saturated carbocycles. The van der Waals surface area contributed by atoms with Gasteiger partial charge in [-0.15, -0.1) is 0 Å². The summed E-state index contributed by atoms with van der Waals surface area (Å²) >= 11 is 1.55. The van der Waals surface area contributed by atoms with Gasteiger partial charge in [-0.3, -0.25) is 0 Å². The third-order valence-electron chi connectivity index (χ3n) is 2.39. The van der Waals surface area contributed by atoms with Crippen molar-refractivity contribution in [3.8, 4) is 5.19 Å². The minimum Gasteiger partial charge on any atom is -0.467 e. The van der Waals surface area contributed by atoms with Crippen LogP contribution in [0, 0.1) is 0 Å². The molecule has 1 unspecified atom stereocenters. The van der Waals surface area contributed by atoms with Crippen LogP contribution in [-0.2, 0) is 0 Å². The number of thiazole rings is 1. The number of hydrogen-bond donors (Lipinski definition) is 1. The first kappa shape index (κ1) is 11.2. The Hall–Kier alpha value is -1.29. The van der Waals surface area contributed by atoms with Crippen LogP contribution in [0.4, 0.5) is 5.69 Å². The molecule has 0 radical (unpaired) electrons. The number of anilines is 1. The molecule has 0 aliphatic rings. The first-order valence-electron chi connectivity index (χ1n) is 5.51. The monoisotopic (exact) mass is 236 g/mol. The lowest BCUT2D eigenvalue weighted by molar-refractivity contribution is 0.209. The lowest BCUT2D eigenvalue weighted by Crippen LogP contribution is -2.10. The fourth-order valence-corrected chi connectivity index (χ4v) is 2.57. The number of nitrogen functional groups attached to an aromatic ring is 1. The fourth-order valence-electron chi connectivity index (χ4n) is 1.61. The Morgan fingerprint density at radius 3 is 3.06 bits per heavy atom. The molecule has 86 valence electrons. The topological polar surface area (TPSA) is 48.1 Å². The maximum atomic E-state index is 5.75. The maximum absolute atomic E-state index is 5.75. The van der Waals surface area contributed by atoms with Crippen LogP contribution in [0.3, 0.4) is 0 Å². The fraction of sp³-hybridized carbons (Fsp3) is 0.417. The smallest absolute Gasteiger partial charge is 0.274 e. The first-order chi connectivity index (χ1) is 7.69. The Labute approximate surface area is 99.3 Å². The Bertz CT molecular complexity index is 481. The molecule has 0 bridgehead atoms. The van der Waals surface area contributed by atoms with E-state index in [0.717, 1.165) is 33.9 Å². The summed E-state index contributed by atoms with van der Waals surface area (Å²) in [5, 5.41) is 0.738. The zero-order valence-corrected chi connectivity index (χ0v) is 10.4. The van der Waals surface area contributed by atoms with Gasteiger partial charge in [-0.1, -0.05) is 24.7 Å². The van der Waals surface area contributed by atoms with Crippen LogP contribution in [0.1, 0.15) is 26.7 Å². The summed E-state index contributed by atoms with van der Waals surface area (Å²) in [7, 11) is 0. The van der Waals surface area contributed by atoms with E-state index in [1.165, 1.54) is 0 Å². The second-order valence-electron chi connectivity index (χ2n) is 3.92. The number of hydrogen-bond acceptors (Lipinski definition) is 4. The van der Waals surface area contributed by atoms with Gasteiger partial charge < -0.3 is 10.5 Å². The minimum absolute atomic E-state index is 0.225. The third kappa shape index (κ3) is 2.44. The number of aromatic nitrogens is 1. The zero-order chi connectivity index (χ0) is 11.5. The van der Waals surface area contributed by atoms with E-state index in [4.69, 9.17) is 10.5 Å². The van der Waals surface area contributed by atoms with Gasteiger partial charge >= 0.3 is 0 Å². The van der Waals surface area contributed by atoms with E-state index in [0.29, 0.717) is 0 Å². The molecule has 4 heteroatoms. The molecule has 0 spiro atoms. The molecule has 0 aliphatic carbocycles. The quantitative estimate of drug-likeness (QED) is 0.827. The molecule has 3 nitrogen and oxygen atoms in total. The highest BCUT2D eigenvalue weighted by Crippen LogP contribution is 2.30. The predicted molar refractivity (Wildman–Crippen MR) is 69.0 cm³/mol. The van der Waals surface area contributed by atoms with Crippen molar-refractivity contribution in [1.82, 2.24) is 4.98 Å². The molecule has 0 aliphatic heterocycles. The van der Waals surface area contributed by atoms with Crippen molar-refractivity contribution in [2.45, 2.75) is 32.8 Å². The van der Waals surface area contributed by atoms with Gasteiger partial charge in [0.2, 0.25) is 0 Å². The zero-order valence-electron chi connectivity index (χ0n) is 9.56. The summed E-state index contributed by atoms with van der Waals surface area (Å²) in [4.78, 5) is 4.42. The van der Waals surface area contributed by atoms with Crippen LogP contribution in [0.2, 0.25) is 0 Å². The maximum Gasteiger partial charge on any atom is 0.274 e. The summed E-state index contributed by atoms with van der Waals surface area (Å²) in [6.07, 6.45) is 2.40. The molecular formula is C12H16N2OS. The number of rotatable bonds is 4. The third-order valence-corrected chi connectivity index (χ3v) is 3.30.